The molecule has 1 aromatic carbocycles. The van der Waals surface area contributed by atoms with Crippen LogP contribution < -0.4 is 9.64 Å². The maximum atomic E-state index is 14.8. The number of aromatic nitrogens is 2. The molecule has 0 amide bonds. The third-order valence-electron chi connectivity index (χ3n) is 5.66. The Labute approximate surface area is 167 Å². The summed E-state index contributed by atoms with van der Waals surface area (Å²) in [7, 11) is 0. The zero-order valence-electron chi connectivity index (χ0n) is 16.0. The molecule has 0 radical (unpaired) electrons. The fourth-order valence-corrected chi connectivity index (χ4v) is 3.83. The molecule has 1 saturated carbocycles. The molecule has 4 rings (SSSR count). The Bertz CT molecular complexity index is 873. The van der Waals surface area contributed by atoms with Crippen molar-refractivity contribution in [1.82, 2.24) is 9.97 Å². The number of hydrogen-bond donors (Lipinski definition) is 1. The van der Waals surface area contributed by atoms with E-state index in [-0.39, 0.29) is 24.1 Å². The van der Waals surface area contributed by atoms with Crippen molar-refractivity contribution in [3.8, 4) is 17.1 Å². The Hall–Kier alpha value is -2.77. The van der Waals surface area contributed by atoms with Crippen LogP contribution >= 0.6 is 0 Å². The monoisotopic (exact) mass is 403 g/mol. The van der Waals surface area contributed by atoms with Gasteiger partial charge in [-0.05, 0) is 50.2 Å². The molecule has 2 heterocycles. The summed E-state index contributed by atoms with van der Waals surface area (Å²) in [5.74, 6) is -1.76. The van der Waals surface area contributed by atoms with Crippen LogP contribution in [0, 0.1) is 17.6 Å². The summed E-state index contributed by atoms with van der Waals surface area (Å²) in [5, 5.41) is 8.91. The summed E-state index contributed by atoms with van der Waals surface area (Å²) in [6, 6.07) is 2.53. The third-order valence-corrected chi connectivity index (χ3v) is 5.66. The van der Waals surface area contributed by atoms with Crippen LogP contribution in [0.1, 0.15) is 38.5 Å². The minimum absolute atomic E-state index is 0.0443. The lowest BCUT2D eigenvalue weighted by atomic mass is 9.93. The van der Waals surface area contributed by atoms with Gasteiger partial charge in [0.1, 0.15) is 23.4 Å². The van der Waals surface area contributed by atoms with Crippen molar-refractivity contribution in [2.75, 3.05) is 18.0 Å². The predicted octanol–water partition coefficient (Wildman–Crippen LogP) is 4.04. The highest BCUT2D eigenvalue weighted by Crippen LogP contribution is 2.33. The van der Waals surface area contributed by atoms with Gasteiger partial charge in [-0.1, -0.05) is 0 Å². The van der Waals surface area contributed by atoms with Crippen LogP contribution in [0.2, 0.25) is 0 Å². The van der Waals surface area contributed by atoms with Crippen LogP contribution in [0.15, 0.2) is 24.5 Å². The lowest BCUT2D eigenvalue weighted by molar-refractivity contribution is -0.138. The van der Waals surface area contributed by atoms with Gasteiger partial charge in [-0.2, -0.15) is 0 Å². The minimum atomic E-state index is -0.838. The second-order valence-corrected chi connectivity index (χ2v) is 7.73. The van der Waals surface area contributed by atoms with E-state index >= 15 is 0 Å². The Morgan fingerprint density at radius 2 is 1.83 bits per heavy atom. The smallest absolute Gasteiger partial charge is 0.303 e. The molecule has 2 aromatic rings. The Morgan fingerprint density at radius 1 is 1.14 bits per heavy atom. The number of halogens is 2. The molecular formula is C21H23F2N3O3. The number of carboxylic acid groups (broad SMARTS) is 1. The molecule has 1 aliphatic carbocycles. The molecule has 1 N–H and O–H groups in total. The van der Waals surface area contributed by atoms with Gasteiger partial charge in [-0.15, -0.1) is 0 Å². The van der Waals surface area contributed by atoms with Crippen LogP contribution in [0.4, 0.5) is 14.5 Å². The molecule has 0 unspecified atom stereocenters. The quantitative estimate of drug-likeness (QED) is 0.785. The first-order valence-corrected chi connectivity index (χ1v) is 9.94. The van der Waals surface area contributed by atoms with E-state index in [1.165, 1.54) is 24.5 Å². The average molecular weight is 403 g/mol. The first kappa shape index (κ1) is 19.5. The van der Waals surface area contributed by atoms with Crippen molar-refractivity contribution in [2.24, 2.45) is 5.92 Å². The first-order chi connectivity index (χ1) is 14.0. The number of piperidine rings is 1. The summed E-state index contributed by atoms with van der Waals surface area (Å²) in [6.07, 6.45) is 7.47. The highest BCUT2D eigenvalue weighted by molar-refractivity contribution is 5.67. The maximum Gasteiger partial charge on any atom is 0.303 e. The van der Waals surface area contributed by atoms with Crippen molar-refractivity contribution in [1.29, 1.82) is 0 Å². The summed E-state index contributed by atoms with van der Waals surface area (Å²) in [4.78, 5) is 20.9. The number of rotatable bonds is 6. The van der Waals surface area contributed by atoms with Crippen LogP contribution in [0.25, 0.3) is 11.3 Å². The first-order valence-electron chi connectivity index (χ1n) is 9.94. The van der Waals surface area contributed by atoms with Gasteiger partial charge >= 0.3 is 5.97 Å². The Morgan fingerprint density at radius 3 is 2.41 bits per heavy atom. The van der Waals surface area contributed by atoms with Crippen molar-refractivity contribution in [3.63, 3.8) is 0 Å². The van der Waals surface area contributed by atoms with Crippen molar-refractivity contribution < 1.29 is 23.4 Å². The molecule has 0 atom stereocenters. The van der Waals surface area contributed by atoms with Gasteiger partial charge in [-0.25, -0.2) is 13.8 Å². The highest BCUT2D eigenvalue weighted by Gasteiger charge is 2.26. The van der Waals surface area contributed by atoms with E-state index in [2.05, 4.69) is 9.97 Å². The number of benzene rings is 1. The maximum absolute atomic E-state index is 14.8. The second-order valence-electron chi connectivity index (χ2n) is 7.73. The minimum Gasteiger partial charge on any atom is -0.481 e. The molecule has 1 saturated heterocycles. The Kier molecular flexibility index (Phi) is 5.60. The fourth-order valence-electron chi connectivity index (χ4n) is 3.83. The van der Waals surface area contributed by atoms with Gasteiger partial charge in [0.05, 0.1) is 18.1 Å². The van der Waals surface area contributed by atoms with Gasteiger partial charge in [-0.3, -0.25) is 9.78 Å². The standard InChI is InChI=1S/C21H23F2N3O3/c22-16-9-14(18-11-24-12-19(25-18)29-15-2-1-3-15)10-17(23)21(16)26-6-4-13(5-7-26)8-20(27)28/h9-13,15H,1-8H2,(H,27,28). The zero-order valence-corrected chi connectivity index (χ0v) is 16.0. The molecule has 2 fully saturated rings. The summed E-state index contributed by atoms with van der Waals surface area (Å²) >= 11 is 0. The van der Waals surface area contributed by atoms with E-state index in [9.17, 15) is 13.6 Å². The molecule has 154 valence electrons. The molecule has 2 aliphatic rings. The highest BCUT2D eigenvalue weighted by atomic mass is 19.1. The SMILES string of the molecule is O=C(O)CC1CCN(c2c(F)cc(-c3cncc(OC4CCC4)n3)cc2F)CC1. The van der Waals surface area contributed by atoms with Gasteiger partial charge < -0.3 is 14.7 Å². The van der Waals surface area contributed by atoms with E-state index in [1.807, 2.05) is 0 Å². The van der Waals surface area contributed by atoms with Crippen molar-refractivity contribution in [3.05, 3.63) is 36.2 Å². The predicted molar refractivity (Wildman–Crippen MR) is 103 cm³/mol. The molecule has 1 aromatic heterocycles. The Balaban J connectivity index is 1.50. The summed E-state index contributed by atoms with van der Waals surface area (Å²) in [6.45, 7) is 0.852. The van der Waals surface area contributed by atoms with E-state index in [1.54, 1.807) is 4.90 Å². The van der Waals surface area contributed by atoms with Gasteiger partial charge in [0, 0.05) is 25.1 Å². The molecule has 1 aliphatic heterocycles. The lowest BCUT2D eigenvalue weighted by Crippen LogP contribution is -2.35. The van der Waals surface area contributed by atoms with Crippen molar-refractivity contribution in [2.45, 2.75) is 44.6 Å². The molecule has 8 heteroatoms. The normalized spacial score (nSPS) is 17.8. The fraction of sp³-hybridized carbons (Fsp3) is 0.476. The zero-order chi connectivity index (χ0) is 20.4. The van der Waals surface area contributed by atoms with Crippen LogP contribution in [-0.2, 0) is 4.79 Å². The largest absolute Gasteiger partial charge is 0.481 e. The van der Waals surface area contributed by atoms with Crippen LogP contribution in [-0.4, -0.2) is 40.2 Å². The molecule has 0 bridgehead atoms. The number of carboxylic acids is 1. The number of aliphatic carboxylic acids is 1. The summed E-state index contributed by atoms with van der Waals surface area (Å²) in [5.41, 5.74) is 0.583. The van der Waals surface area contributed by atoms with E-state index < -0.39 is 17.6 Å². The van der Waals surface area contributed by atoms with Gasteiger partial charge in [0.15, 0.2) is 0 Å². The molecular weight excluding hydrogens is 380 g/mol. The number of nitrogens with zero attached hydrogens (tertiary/aromatic N) is 3. The molecule has 0 spiro atoms. The number of hydrogen-bond acceptors (Lipinski definition) is 5. The van der Waals surface area contributed by atoms with Crippen LogP contribution in [0.5, 0.6) is 5.88 Å². The molecule has 6 nitrogen and oxygen atoms in total. The topological polar surface area (TPSA) is 75.5 Å². The van der Waals surface area contributed by atoms with E-state index in [0.29, 0.717) is 43.1 Å². The van der Waals surface area contributed by atoms with E-state index in [0.717, 1.165) is 19.3 Å². The summed E-state index contributed by atoms with van der Waals surface area (Å²) < 4.78 is 35.3. The van der Waals surface area contributed by atoms with Crippen molar-refractivity contribution >= 4 is 11.7 Å². The number of carbonyl (C=O) groups is 1. The van der Waals surface area contributed by atoms with Gasteiger partial charge in [0.2, 0.25) is 5.88 Å². The van der Waals surface area contributed by atoms with E-state index in [4.69, 9.17) is 9.84 Å². The molecule has 29 heavy (non-hydrogen) atoms. The van der Waals surface area contributed by atoms with Crippen LogP contribution in [0.3, 0.4) is 0 Å². The second kappa shape index (κ2) is 8.31. The average Bonchev–Trinajstić information content (AvgIpc) is 2.65. The number of ether oxygens (including phenoxy) is 1. The third kappa shape index (κ3) is 4.46. The number of anilines is 1. The van der Waals surface area contributed by atoms with Gasteiger partial charge in [0.25, 0.3) is 0 Å². The lowest BCUT2D eigenvalue weighted by Gasteiger charge is -2.33.